The summed E-state index contributed by atoms with van der Waals surface area (Å²) in [6.07, 6.45) is 0.479. The molecule has 0 aliphatic rings. The summed E-state index contributed by atoms with van der Waals surface area (Å²) < 4.78 is 1.16. The Hall–Kier alpha value is -2.27. The molecule has 17 heavy (non-hydrogen) atoms. The van der Waals surface area contributed by atoms with Crippen LogP contribution in [0.1, 0.15) is 5.56 Å². The molecule has 0 saturated carbocycles. The van der Waals surface area contributed by atoms with Crippen molar-refractivity contribution < 1.29 is 9.90 Å². The first-order valence-electron chi connectivity index (χ1n) is 5.13. The molecule has 5 heteroatoms. The third kappa shape index (κ3) is 2.00. The summed E-state index contributed by atoms with van der Waals surface area (Å²) >= 11 is 0. The Morgan fingerprint density at radius 1 is 1.35 bits per heavy atom. The van der Waals surface area contributed by atoms with Gasteiger partial charge in [0.25, 0.3) is 0 Å². The molecule has 0 saturated heterocycles. The van der Waals surface area contributed by atoms with E-state index in [2.05, 4.69) is 0 Å². The van der Waals surface area contributed by atoms with Gasteiger partial charge in [0.05, 0.1) is 5.69 Å². The first kappa shape index (κ1) is 11.2. The number of nitrogen functional groups attached to an aromatic ring is 1. The largest absolute Gasteiger partial charge is 0.464 e. The van der Waals surface area contributed by atoms with E-state index >= 15 is 0 Å². The second kappa shape index (κ2) is 4.31. The maximum absolute atomic E-state index is 11.0. The zero-order valence-corrected chi connectivity index (χ0v) is 9.13. The molecule has 0 bridgehead atoms. The molecule has 88 valence electrons. The van der Waals surface area contributed by atoms with Crippen molar-refractivity contribution in [2.24, 2.45) is 5.73 Å². The van der Waals surface area contributed by atoms with Crippen molar-refractivity contribution in [2.75, 3.05) is 5.73 Å². The standard InChI is InChI=1S/C12H13N3O2/c13-7-9-6-8(3-4-10(9)14)11-2-1-5-15(11)12(16)17/h1-6H,7,13-14H2,(H,16,17). The first-order valence-corrected chi connectivity index (χ1v) is 5.13. The van der Waals surface area contributed by atoms with Crippen molar-refractivity contribution in [3.63, 3.8) is 0 Å². The van der Waals surface area contributed by atoms with E-state index < -0.39 is 6.09 Å². The molecule has 2 aromatic rings. The molecule has 0 spiro atoms. The van der Waals surface area contributed by atoms with Crippen LogP contribution in [0.4, 0.5) is 10.5 Å². The summed E-state index contributed by atoms with van der Waals surface area (Å²) in [5.74, 6) is 0. The van der Waals surface area contributed by atoms with Gasteiger partial charge in [0.15, 0.2) is 0 Å². The van der Waals surface area contributed by atoms with Gasteiger partial charge in [-0.3, -0.25) is 4.57 Å². The van der Waals surface area contributed by atoms with Crippen molar-refractivity contribution in [2.45, 2.75) is 6.54 Å². The minimum atomic E-state index is -1.02. The molecule has 0 fully saturated rings. The van der Waals surface area contributed by atoms with Crippen LogP contribution in [0.5, 0.6) is 0 Å². The predicted molar refractivity (Wildman–Crippen MR) is 65.6 cm³/mol. The number of nitrogens with two attached hydrogens (primary N) is 2. The Kier molecular flexibility index (Phi) is 2.84. The third-order valence-corrected chi connectivity index (χ3v) is 2.61. The molecule has 1 heterocycles. The quantitative estimate of drug-likeness (QED) is 0.686. The number of carboxylic acid groups (broad SMARTS) is 1. The highest BCUT2D eigenvalue weighted by Gasteiger charge is 2.10. The Labute approximate surface area is 98.3 Å². The minimum absolute atomic E-state index is 0.327. The molecule has 1 aromatic heterocycles. The fourth-order valence-corrected chi connectivity index (χ4v) is 1.72. The maximum atomic E-state index is 11.0. The lowest BCUT2D eigenvalue weighted by atomic mass is 10.1. The highest BCUT2D eigenvalue weighted by Crippen LogP contribution is 2.24. The Morgan fingerprint density at radius 2 is 2.12 bits per heavy atom. The van der Waals surface area contributed by atoms with E-state index in [9.17, 15) is 4.79 Å². The molecular weight excluding hydrogens is 218 g/mol. The Balaban J connectivity index is 2.53. The molecule has 0 atom stereocenters. The highest BCUT2D eigenvalue weighted by molar-refractivity contribution is 5.77. The van der Waals surface area contributed by atoms with Gasteiger partial charge in [-0.15, -0.1) is 0 Å². The molecule has 5 nitrogen and oxygen atoms in total. The molecule has 0 aliphatic carbocycles. The number of anilines is 1. The van der Waals surface area contributed by atoms with Crippen LogP contribution < -0.4 is 11.5 Å². The monoisotopic (exact) mass is 231 g/mol. The summed E-state index contributed by atoms with van der Waals surface area (Å²) in [5, 5.41) is 9.01. The van der Waals surface area contributed by atoms with Gasteiger partial charge in [0, 0.05) is 18.4 Å². The van der Waals surface area contributed by atoms with E-state index in [1.54, 1.807) is 24.3 Å². The number of rotatable bonds is 2. The molecular formula is C12H13N3O2. The van der Waals surface area contributed by atoms with E-state index in [0.717, 1.165) is 15.7 Å². The van der Waals surface area contributed by atoms with Gasteiger partial charge in [-0.1, -0.05) is 6.07 Å². The summed E-state index contributed by atoms with van der Waals surface area (Å²) in [6, 6.07) is 8.74. The minimum Gasteiger partial charge on any atom is -0.464 e. The molecule has 2 rings (SSSR count). The predicted octanol–water partition coefficient (Wildman–Crippen LogP) is 1.72. The number of carbonyl (C=O) groups is 1. The van der Waals surface area contributed by atoms with Gasteiger partial charge in [-0.25, -0.2) is 4.79 Å². The molecule has 5 N–H and O–H groups in total. The summed E-state index contributed by atoms with van der Waals surface area (Å²) in [5.41, 5.74) is 14.1. The van der Waals surface area contributed by atoms with E-state index in [4.69, 9.17) is 16.6 Å². The average Bonchev–Trinajstić information content (AvgIpc) is 2.78. The van der Waals surface area contributed by atoms with Crippen molar-refractivity contribution >= 4 is 11.8 Å². The zero-order valence-electron chi connectivity index (χ0n) is 9.13. The normalized spacial score (nSPS) is 10.4. The van der Waals surface area contributed by atoms with Gasteiger partial charge in [-0.2, -0.15) is 0 Å². The number of nitrogens with zero attached hydrogens (tertiary/aromatic N) is 1. The second-order valence-corrected chi connectivity index (χ2v) is 3.66. The number of benzene rings is 1. The molecule has 0 aliphatic heterocycles. The molecule has 1 aromatic carbocycles. The van der Waals surface area contributed by atoms with Crippen molar-refractivity contribution in [1.82, 2.24) is 4.57 Å². The summed E-state index contributed by atoms with van der Waals surface area (Å²) in [6.45, 7) is 0.327. The van der Waals surface area contributed by atoms with Crippen LogP contribution in [0.15, 0.2) is 36.5 Å². The topological polar surface area (TPSA) is 94.3 Å². The van der Waals surface area contributed by atoms with E-state index in [1.807, 2.05) is 6.07 Å². The van der Waals surface area contributed by atoms with E-state index in [0.29, 0.717) is 17.9 Å². The van der Waals surface area contributed by atoms with Gasteiger partial charge < -0.3 is 16.6 Å². The van der Waals surface area contributed by atoms with E-state index in [1.165, 1.54) is 6.20 Å². The lowest BCUT2D eigenvalue weighted by Gasteiger charge is -2.08. The zero-order chi connectivity index (χ0) is 12.4. The molecule has 0 radical (unpaired) electrons. The molecule has 0 unspecified atom stereocenters. The summed E-state index contributed by atoms with van der Waals surface area (Å²) in [4.78, 5) is 11.0. The second-order valence-electron chi connectivity index (χ2n) is 3.66. The third-order valence-electron chi connectivity index (χ3n) is 2.61. The van der Waals surface area contributed by atoms with Crippen molar-refractivity contribution in [3.8, 4) is 11.3 Å². The van der Waals surface area contributed by atoms with Crippen LogP contribution in [0.3, 0.4) is 0 Å². The maximum Gasteiger partial charge on any atom is 0.415 e. The van der Waals surface area contributed by atoms with Gasteiger partial charge >= 0.3 is 6.09 Å². The highest BCUT2D eigenvalue weighted by atomic mass is 16.4. The first-order chi connectivity index (χ1) is 8.13. The SMILES string of the molecule is NCc1cc(-c2cccn2C(=O)O)ccc1N. The van der Waals surface area contributed by atoms with Crippen LogP contribution in [-0.4, -0.2) is 15.8 Å². The van der Waals surface area contributed by atoms with Gasteiger partial charge in [-0.05, 0) is 35.4 Å². The van der Waals surface area contributed by atoms with Crippen LogP contribution >= 0.6 is 0 Å². The van der Waals surface area contributed by atoms with Gasteiger partial charge in [0.1, 0.15) is 0 Å². The number of aromatic nitrogens is 1. The van der Waals surface area contributed by atoms with Crippen LogP contribution in [0.25, 0.3) is 11.3 Å². The van der Waals surface area contributed by atoms with Gasteiger partial charge in [0.2, 0.25) is 0 Å². The fraction of sp³-hybridized carbons (Fsp3) is 0.0833. The van der Waals surface area contributed by atoms with Crippen molar-refractivity contribution in [3.05, 3.63) is 42.1 Å². The van der Waals surface area contributed by atoms with E-state index in [-0.39, 0.29) is 0 Å². The average molecular weight is 231 g/mol. The van der Waals surface area contributed by atoms with Crippen LogP contribution in [0.2, 0.25) is 0 Å². The lowest BCUT2D eigenvalue weighted by Crippen LogP contribution is -2.08. The van der Waals surface area contributed by atoms with Crippen molar-refractivity contribution in [1.29, 1.82) is 0 Å². The number of hydrogen-bond donors (Lipinski definition) is 3. The Morgan fingerprint density at radius 3 is 2.76 bits per heavy atom. The molecule has 0 amide bonds. The van der Waals surface area contributed by atoms with Crippen LogP contribution in [-0.2, 0) is 6.54 Å². The summed E-state index contributed by atoms with van der Waals surface area (Å²) in [7, 11) is 0. The van der Waals surface area contributed by atoms with Crippen LogP contribution in [0, 0.1) is 0 Å². The number of hydrogen-bond acceptors (Lipinski definition) is 3. The Bertz CT molecular complexity index is 561. The smallest absolute Gasteiger partial charge is 0.415 e. The fourth-order valence-electron chi connectivity index (χ4n) is 1.72. The lowest BCUT2D eigenvalue weighted by molar-refractivity contribution is 0.197.